The van der Waals surface area contributed by atoms with Crippen molar-refractivity contribution in [2.45, 2.75) is 0 Å². The molecule has 0 spiro atoms. The number of esters is 2. The molecule has 0 amide bonds. The molecule has 0 radical (unpaired) electrons. The first-order valence-electron chi connectivity index (χ1n) is 10.7. The van der Waals surface area contributed by atoms with Gasteiger partial charge in [0.05, 0.1) is 14.2 Å². The van der Waals surface area contributed by atoms with Gasteiger partial charge in [-0.15, -0.1) is 0 Å². The van der Waals surface area contributed by atoms with Gasteiger partial charge in [0, 0.05) is 80.6 Å². The number of nitrogens with one attached hydrogen (secondary N) is 1. The number of nitrogens with zero attached hydrogens (tertiary/aromatic N) is 2. The highest BCUT2D eigenvalue weighted by Gasteiger charge is 2.34. The topological polar surface area (TPSA) is 78.2 Å². The first-order chi connectivity index (χ1) is 16.8. The Hall–Kier alpha value is -3.68. The van der Waals surface area contributed by atoms with Crippen LogP contribution in [-0.4, -0.2) is 40.3 Å². The standard InChI is InChI=1S/C26H21Cl2N3O4/c1-30-12-18(16-10-14(28)6-8-20(16)30)22-21(17-11-29-19-7-5-13(27)9-15(17)19)23(25(32)34-3)31(2)24(22)26(33)35-4/h5-12,29H,1-4H3. The SMILES string of the molecule is COC(=O)c1c(-c2c[nH]c3ccc(Cl)cc23)c(-c2cn(C)c3ccc(Cl)cc23)c(C(=O)OC)n1C. The Balaban J connectivity index is 2.01. The van der Waals surface area contributed by atoms with Gasteiger partial charge in [0.25, 0.3) is 0 Å². The van der Waals surface area contributed by atoms with Crippen LogP contribution >= 0.6 is 23.2 Å². The first-order valence-corrected chi connectivity index (χ1v) is 11.4. The van der Waals surface area contributed by atoms with Crippen molar-refractivity contribution in [1.82, 2.24) is 14.1 Å². The summed E-state index contributed by atoms with van der Waals surface area (Å²) in [5.74, 6) is -1.18. The van der Waals surface area contributed by atoms with Crippen LogP contribution in [-0.2, 0) is 23.6 Å². The highest BCUT2D eigenvalue weighted by molar-refractivity contribution is 6.32. The monoisotopic (exact) mass is 509 g/mol. The van der Waals surface area contributed by atoms with E-state index in [1.54, 1.807) is 19.3 Å². The highest BCUT2D eigenvalue weighted by atomic mass is 35.5. The zero-order valence-electron chi connectivity index (χ0n) is 19.4. The molecule has 1 N–H and O–H groups in total. The molecule has 0 saturated heterocycles. The molecule has 0 aliphatic heterocycles. The number of halogens is 2. The quantitative estimate of drug-likeness (QED) is 0.292. The third-order valence-corrected chi connectivity index (χ3v) is 6.76. The molecule has 0 unspecified atom stereocenters. The predicted molar refractivity (Wildman–Crippen MR) is 137 cm³/mol. The summed E-state index contributed by atoms with van der Waals surface area (Å²) in [4.78, 5) is 29.5. The molecule has 0 atom stereocenters. The lowest BCUT2D eigenvalue weighted by Gasteiger charge is -2.08. The highest BCUT2D eigenvalue weighted by Crippen LogP contribution is 2.46. The summed E-state index contributed by atoms with van der Waals surface area (Å²) in [6, 6.07) is 11.0. The van der Waals surface area contributed by atoms with Gasteiger partial charge in [0.2, 0.25) is 0 Å². The molecule has 5 aromatic rings. The maximum atomic E-state index is 13.1. The molecule has 5 rings (SSSR count). The molecule has 0 aliphatic rings. The van der Waals surface area contributed by atoms with Crippen LogP contribution < -0.4 is 0 Å². The number of aryl methyl sites for hydroxylation is 1. The molecule has 0 fully saturated rings. The maximum absolute atomic E-state index is 13.1. The van der Waals surface area contributed by atoms with Gasteiger partial charge in [-0.1, -0.05) is 23.2 Å². The minimum Gasteiger partial charge on any atom is -0.464 e. The molecule has 7 nitrogen and oxygen atoms in total. The van der Waals surface area contributed by atoms with Crippen LogP contribution in [0.15, 0.2) is 48.8 Å². The van der Waals surface area contributed by atoms with Crippen molar-refractivity contribution in [3.05, 3.63) is 70.2 Å². The van der Waals surface area contributed by atoms with E-state index < -0.39 is 11.9 Å². The largest absolute Gasteiger partial charge is 0.464 e. The first kappa shape index (κ1) is 23.1. The summed E-state index contributed by atoms with van der Waals surface area (Å²) in [5.41, 5.74) is 4.65. The Morgan fingerprint density at radius 1 is 0.829 bits per heavy atom. The summed E-state index contributed by atoms with van der Waals surface area (Å²) in [6.45, 7) is 0. The molecular weight excluding hydrogens is 489 g/mol. The number of benzene rings is 2. The van der Waals surface area contributed by atoms with Gasteiger partial charge in [0.1, 0.15) is 11.4 Å². The third kappa shape index (κ3) is 3.50. The third-order valence-electron chi connectivity index (χ3n) is 6.29. The van der Waals surface area contributed by atoms with Crippen LogP contribution in [0.3, 0.4) is 0 Å². The normalized spacial score (nSPS) is 11.4. The van der Waals surface area contributed by atoms with Crippen LogP contribution in [0.25, 0.3) is 44.1 Å². The average Bonchev–Trinajstić information content (AvgIpc) is 3.48. The number of hydrogen-bond acceptors (Lipinski definition) is 4. The van der Waals surface area contributed by atoms with E-state index in [9.17, 15) is 9.59 Å². The van der Waals surface area contributed by atoms with Crippen LogP contribution in [0, 0.1) is 0 Å². The van der Waals surface area contributed by atoms with E-state index in [4.69, 9.17) is 32.7 Å². The van der Waals surface area contributed by atoms with Gasteiger partial charge in [-0.05, 0) is 36.4 Å². The number of ether oxygens (including phenoxy) is 2. The lowest BCUT2D eigenvalue weighted by Crippen LogP contribution is -2.14. The van der Waals surface area contributed by atoms with Crippen LogP contribution in [0.1, 0.15) is 21.0 Å². The number of H-pyrrole nitrogens is 1. The minimum absolute atomic E-state index is 0.211. The molecular formula is C26H21Cl2N3O4. The Morgan fingerprint density at radius 2 is 1.40 bits per heavy atom. The van der Waals surface area contributed by atoms with Crippen molar-refractivity contribution < 1.29 is 19.1 Å². The number of aromatic amines is 1. The van der Waals surface area contributed by atoms with Crippen molar-refractivity contribution in [3.8, 4) is 22.3 Å². The molecule has 2 aromatic carbocycles. The smallest absolute Gasteiger partial charge is 0.355 e. The lowest BCUT2D eigenvalue weighted by atomic mass is 9.94. The zero-order chi connectivity index (χ0) is 25.0. The van der Waals surface area contributed by atoms with Crippen LogP contribution in [0.2, 0.25) is 10.0 Å². The molecule has 0 saturated carbocycles. The van der Waals surface area contributed by atoms with Crippen molar-refractivity contribution in [3.63, 3.8) is 0 Å². The van der Waals surface area contributed by atoms with Gasteiger partial charge in [-0.3, -0.25) is 0 Å². The van der Waals surface area contributed by atoms with E-state index >= 15 is 0 Å². The van der Waals surface area contributed by atoms with Crippen molar-refractivity contribution in [1.29, 1.82) is 0 Å². The predicted octanol–water partition coefficient (Wildman–Crippen LogP) is 6.21. The maximum Gasteiger partial charge on any atom is 0.355 e. The van der Waals surface area contributed by atoms with Gasteiger partial charge >= 0.3 is 11.9 Å². The van der Waals surface area contributed by atoms with Crippen molar-refractivity contribution in [2.24, 2.45) is 14.1 Å². The molecule has 3 heterocycles. The van der Waals surface area contributed by atoms with Crippen molar-refractivity contribution in [2.75, 3.05) is 14.2 Å². The Bertz CT molecular complexity index is 1660. The van der Waals surface area contributed by atoms with Crippen molar-refractivity contribution >= 4 is 56.9 Å². The number of hydrogen-bond donors (Lipinski definition) is 1. The van der Waals surface area contributed by atoms with E-state index in [0.29, 0.717) is 26.7 Å². The van der Waals surface area contributed by atoms with Gasteiger partial charge in [-0.2, -0.15) is 0 Å². The summed E-state index contributed by atoms with van der Waals surface area (Å²) < 4.78 is 13.8. The summed E-state index contributed by atoms with van der Waals surface area (Å²) in [7, 11) is 6.17. The number of aromatic nitrogens is 3. The Labute approximate surface area is 210 Å². The number of carbonyl (C=O) groups is 2. The lowest BCUT2D eigenvalue weighted by molar-refractivity contribution is 0.0581. The van der Waals surface area contributed by atoms with Crippen LogP contribution in [0.5, 0.6) is 0 Å². The second kappa shape index (κ2) is 8.52. The molecule has 35 heavy (non-hydrogen) atoms. The summed E-state index contributed by atoms with van der Waals surface area (Å²) in [5, 5.41) is 2.71. The number of rotatable bonds is 4. The number of methoxy groups -OCH3 is 2. The van der Waals surface area contributed by atoms with E-state index in [2.05, 4.69) is 4.98 Å². The second-order valence-corrected chi connectivity index (χ2v) is 9.07. The molecule has 0 aliphatic carbocycles. The number of fused-ring (bicyclic) bond motifs is 2. The molecule has 9 heteroatoms. The number of carbonyl (C=O) groups excluding carboxylic acids is 2. The summed E-state index contributed by atoms with van der Waals surface area (Å²) >= 11 is 12.7. The van der Waals surface area contributed by atoms with E-state index in [1.807, 2.05) is 48.1 Å². The second-order valence-electron chi connectivity index (χ2n) is 8.20. The average molecular weight is 510 g/mol. The molecule has 0 bridgehead atoms. The van der Waals surface area contributed by atoms with Crippen LogP contribution in [0.4, 0.5) is 0 Å². The fourth-order valence-corrected chi connectivity index (χ4v) is 5.09. The molecule has 3 aromatic heterocycles. The summed E-state index contributed by atoms with van der Waals surface area (Å²) in [6.07, 6.45) is 3.71. The van der Waals surface area contributed by atoms with E-state index in [-0.39, 0.29) is 11.4 Å². The molecule has 178 valence electrons. The Kier molecular flexibility index (Phi) is 5.62. The fourth-order valence-electron chi connectivity index (χ4n) is 4.74. The van der Waals surface area contributed by atoms with Gasteiger partial charge < -0.3 is 23.6 Å². The Morgan fingerprint density at radius 3 is 2.03 bits per heavy atom. The zero-order valence-corrected chi connectivity index (χ0v) is 20.9. The van der Waals surface area contributed by atoms with Gasteiger partial charge in [0.15, 0.2) is 0 Å². The van der Waals surface area contributed by atoms with E-state index in [0.717, 1.165) is 27.4 Å². The van der Waals surface area contributed by atoms with Gasteiger partial charge in [-0.25, -0.2) is 9.59 Å². The minimum atomic E-state index is -0.589. The fraction of sp³-hybridized carbons (Fsp3) is 0.154. The van der Waals surface area contributed by atoms with E-state index in [1.165, 1.54) is 18.8 Å².